The number of rotatable bonds is 7. The molecule has 2 rings (SSSR count). The number of nitrogens with two attached hydrogens (primary N) is 1. The molecule has 0 saturated heterocycles. The molecular formula is C17H18Cl2N2O2S. The van der Waals surface area contributed by atoms with Gasteiger partial charge in [0.1, 0.15) is 0 Å². The molecule has 4 nitrogen and oxygen atoms in total. The number of carbonyl (C=O) groups is 1. The zero-order valence-electron chi connectivity index (χ0n) is 13.1. The van der Waals surface area contributed by atoms with Crippen LogP contribution >= 0.6 is 35.0 Å². The van der Waals surface area contributed by atoms with Crippen molar-refractivity contribution in [3.8, 4) is 5.75 Å². The summed E-state index contributed by atoms with van der Waals surface area (Å²) in [5, 5.41) is 10.0. The molecule has 0 aliphatic carbocycles. The summed E-state index contributed by atoms with van der Waals surface area (Å²) in [4.78, 5) is 16.6. The SMILES string of the molecule is CC(CCc1ccccn1)(CC(N)=O)Sc1cc(Cl)c(O)c(Cl)c1. The highest BCUT2D eigenvalue weighted by atomic mass is 35.5. The second-order valence-corrected chi connectivity index (χ2v) is 8.23. The molecule has 1 heterocycles. The Morgan fingerprint density at radius 1 is 1.33 bits per heavy atom. The summed E-state index contributed by atoms with van der Waals surface area (Å²) < 4.78 is -0.438. The number of amides is 1. The van der Waals surface area contributed by atoms with Crippen LogP contribution in [0.4, 0.5) is 0 Å². The summed E-state index contributed by atoms with van der Waals surface area (Å²) in [5.74, 6) is -0.519. The largest absolute Gasteiger partial charge is 0.505 e. The number of nitrogens with zero attached hydrogens (tertiary/aromatic N) is 1. The average molecular weight is 385 g/mol. The molecule has 0 bridgehead atoms. The third kappa shape index (κ3) is 5.30. The Balaban J connectivity index is 2.19. The summed E-state index contributed by atoms with van der Waals surface area (Å²) in [5.41, 5.74) is 6.38. The van der Waals surface area contributed by atoms with E-state index in [0.29, 0.717) is 6.42 Å². The molecule has 1 atom stereocenters. The smallest absolute Gasteiger partial charge is 0.218 e. The lowest BCUT2D eigenvalue weighted by atomic mass is 9.99. The van der Waals surface area contributed by atoms with Crippen LogP contribution < -0.4 is 5.73 Å². The minimum absolute atomic E-state index is 0.146. The Bertz CT molecular complexity index is 705. The Kier molecular flexibility index (Phi) is 6.38. The molecule has 0 spiro atoms. The van der Waals surface area contributed by atoms with Crippen LogP contribution in [0.1, 0.15) is 25.5 Å². The summed E-state index contributed by atoms with van der Waals surface area (Å²) in [6.45, 7) is 1.97. The fraction of sp³-hybridized carbons (Fsp3) is 0.294. The summed E-state index contributed by atoms with van der Waals surface area (Å²) in [7, 11) is 0. The maximum atomic E-state index is 11.5. The number of benzene rings is 1. The van der Waals surface area contributed by atoms with Crippen molar-refractivity contribution in [1.82, 2.24) is 4.98 Å². The lowest BCUT2D eigenvalue weighted by Crippen LogP contribution is -2.29. The van der Waals surface area contributed by atoms with Gasteiger partial charge >= 0.3 is 0 Å². The van der Waals surface area contributed by atoms with E-state index in [1.807, 2.05) is 25.1 Å². The standard InChI is InChI=1S/C17H18Cl2N2O2S/c1-17(10-15(20)22,6-5-11-4-2-3-7-21-11)24-12-8-13(18)16(23)14(19)9-12/h2-4,7-9,23H,5-6,10H2,1H3,(H2,20,22). The number of carbonyl (C=O) groups excluding carboxylic acids is 1. The second-order valence-electron chi connectivity index (χ2n) is 5.75. The number of halogens is 2. The van der Waals surface area contributed by atoms with Gasteiger partial charge in [-0.2, -0.15) is 0 Å². The van der Waals surface area contributed by atoms with E-state index in [0.717, 1.165) is 17.0 Å². The van der Waals surface area contributed by atoms with E-state index in [2.05, 4.69) is 4.98 Å². The van der Waals surface area contributed by atoms with E-state index in [4.69, 9.17) is 28.9 Å². The van der Waals surface area contributed by atoms with Gasteiger partial charge in [0.05, 0.1) is 10.0 Å². The predicted octanol–water partition coefficient (Wildman–Crippen LogP) is 4.45. The number of primary amides is 1. The van der Waals surface area contributed by atoms with Crippen molar-refractivity contribution >= 4 is 40.9 Å². The van der Waals surface area contributed by atoms with Gasteiger partial charge in [-0.05, 0) is 44.0 Å². The molecule has 3 N–H and O–H groups in total. The highest BCUT2D eigenvalue weighted by Crippen LogP contribution is 2.43. The van der Waals surface area contributed by atoms with Crippen LogP contribution in [0.15, 0.2) is 41.4 Å². The van der Waals surface area contributed by atoms with Crippen LogP contribution in [-0.2, 0) is 11.2 Å². The Morgan fingerprint density at radius 3 is 2.54 bits per heavy atom. The van der Waals surface area contributed by atoms with Gasteiger partial charge in [-0.25, -0.2) is 0 Å². The zero-order valence-corrected chi connectivity index (χ0v) is 15.5. The fourth-order valence-corrected chi connectivity index (χ4v) is 4.33. The van der Waals surface area contributed by atoms with Gasteiger partial charge in [0.25, 0.3) is 0 Å². The van der Waals surface area contributed by atoms with Crippen LogP contribution in [-0.4, -0.2) is 20.7 Å². The fourth-order valence-electron chi connectivity index (χ4n) is 2.37. The molecule has 1 aromatic heterocycles. The number of aromatic hydroxyl groups is 1. The molecule has 2 aromatic rings. The van der Waals surface area contributed by atoms with Gasteiger partial charge in [-0.1, -0.05) is 29.3 Å². The molecule has 0 radical (unpaired) electrons. The number of pyridine rings is 1. The van der Waals surface area contributed by atoms with Crippen molar-refractivity contribution in [1.29, 1.82) is 0 Å². The Morgan fingerprint density at radius 2 is 2.00 bits per heavy atom. The quantitative estimate of drug-likeness (QED) is 0.691. The number of hydrogen-bond donors (Lipinski definition) is 2. The number of phenolic OH excluding ortho intramolecular Hbond substituents is 1. The minimum Gasteiger partial charge on any atom is -0.505 e. The lowest BCUT2D eigenvalue weighted by molar-refractivity contribution is -0.118. The van der Waals surface area contributed by atoms with E-state index in [9.17, 15) is 9.90 Å². The first-order valence-electron chi connectivity index (χ1n) is 7.34. The number of hydrogen-bond acceptors (Lipinski definition) is 4. The van der Waals surface area contributed by atoms with Crippen LogP contribution in [0.25, 0.3) is 0 Å². The molecule has 7 heteroatoms. The number of aryl methyl sites for hydroxylation is 1. The normalized spacial score (nSPS) is 13.5. The molecule has 0 aliphatic heterocycles. The Hall–Kier alpha value is -1.43. The molecule has 24 heavy (non-hydrogen) atoms. The molecule has 0 fully saturated rings. The van der Waals surface area contributed by atoms with Gasteiger partial charge < -0.3 is 10.8 Å². The van der Waals surface area contributed by atoms with Gasteiger partial charge in [-0.15, -0.1) is 11.8 Å². The molecule has 0 aliphatic rings. The maximum Gasteiger partial charge on any atom is 0.218 e. The van der Waals surface area contributed by atoms with Gasteiger partial charge in [0, 0.05) is 28.0 Å². The molecular weight excluding hydrogens is 367 g/mol. The van der Waals surface area contributed by atoms with E-state index >= 15 is 0 Å². The average Bonchev–Trinajstić information content (AvgIpc) is 2.51. The first kappa shape index (κ1) is 18.9. The number of phenols is 1. The van der Waals surface area contributed by atoms with Gasteiger partial charge in [-0.3, -0.25) is 9.78 Å². The summed E-state index contributed by atoms with van der Waals surface area (Å²) in [6, 6.07) is 9.01. The zero-order chi connectivity index (χ0) is 17.7. The first-order valence-corrected chi connectivity index (χ1v) is 8.91. The topological polar surface area (TPSA) is 76.2 Å². The number of aromatic nitrogens is 1. The maximum absolute atomic E-state index is 11.5. The van der Waals surface area contributed by atoms with Crippen LogP contribution in [0.3, 0.4) is 0 Å². The summed E-state index contributed by atoms with van der Waals surface area (Å²) in [6.07, 6.45) is 3.37. The highest BCUT2D eigenvalue weighted by Gasteiger charge is 2.28. The van der Waals surface area contributed by atoms with Gasteiger partial charge in [0.15, 0.2) is 5.75 Å². The summed E-state index contributed by atoms with van der Waals surface area (Å²) >= 11 is 13.4. The lowest BCUT2D eigenvalue weighted by Gasteiger charge is -2.28. The highest BCUT2D eigenvalue weighted by molar-refractivity contribution is 8.00. The number of thioether (sulfide) groups is 1. The molecule has 1 unspecified atom stereocenters. The molecule has 0 saturated carbocycles. The van der Waals surface area contributed by atoms with Crippen molar-refractivity contribution in [2.75, 3.05) is 0 Å². The van der Waals surface area contributed by atoms with E-state index in [1.54, 1.807) is 18.3 Å². The third-order valence-electron chi connectivity index (χ3n) is 3.54. The van der Waals surface area contributed by atoms with Crippen molar-refractivity contribution < 1.29 is 9.90 Å². The third-order valence-corrected chi connectivity index (χ3v) is 5.43. The van der Waals surface area contributed by atoms with Gasteiger partial charge in [0.2, 0.25) is 5.91 Å². The van der Waals surface area contributed by atoms with Crippen LogP contribution in [0.2, 0.25) is 10.0 Å². The van der Waals surface area contributed by atoms with Crippen molar-refractivity contribution in [3.05, 3.63) is 52.3 Å². The van der Waals surface area contributed by atoms with Crippen LogP contribution in [0.5, 0.6) is 5.75 Å². The van der Waals surface area contributed by atoms with E-state index in [1.165, 1.54) is 11.8 Å². The molecule has 128 valence electrons. The van der Waals surface area contributed by atoms with Crippen molar-refractivity contribution in [2.24, 2.45) is 5.73 Å². The minimum atomic E-state index is -0.438. The first-order chi connectivity index (χ1) is 11.3. The van der Waals surface area contributed by atoms with E-state index < -0.39 is 4.75 Å². The molecule has 1 amide bonds. The van der Waals surface area contributed by atoms with Crippen molar-refractivity contribution in [3.63, 3.8) is 0 Å². The van der Waals surface area contributed by atoms with E-state index in [-0.39, 0.29) is 28.1 Å². The molecule has 1 aromatic carbocycles. The van der Waals surface area contributed by atoms with Crippen LogP contribution in [0, 0.1) is 0 Å². The van der Waals surface area contributed by atoms with Crippen molar-refractivity contribution in [2.45, 2.75) is 35.8 Å². The predicted molar refractivity (Wildman–Crippen MR) is 98.8 cm³/mol. The monoisotopic (exact) mass is 384 g/mol. The Labute approximate surface area is 155 Å². The second kappa shape index (κ2) is 8.10.